The fourth-order valence-electron chi connectivity index (χ4n) is 6.05. The van der Waals surface area contributed by atoms with Crippen LogP contribution in [0.1, 0.15) is 33.0 Å². The Morgan fingerprint density at radius 1 is 0.552 bits per heavy atom. The second-order valence-corrected chi connectivity index (χ2v) is 12.8. The van der Waals surface area contributed by atoms with Crippen LogP contribution in [-0.4, -0.2) is 111 Å². The maximum Gasteiger partial charge on any atom is 0.416 e. The minimum Gasteiger partial charge on any atom is -0.460 e. The number of alkyl carbamates (subject to hydrolysis) is 1. The van der Waals surface area contributed by atoms with Crippen LogP contribution in [0.5, 0.6) is 0 Å². The van der Waals surface area contributed by atoms with E-state index < -0.39 is 23.8 Å². The van der Waals surface area contributed by atoms with Crippen LogP contribution in [0.4, 0.5) is 29.3 Å². The van der Waals surface area contributed by atoms with Crippen molar-refractivity contribution in [2.24, 2.45) is 0 Å². The van der Waals surface area contributed by atoms with Crippen LogP contribution in [0.25, 0.3) is 11.1 Å². The van der Waals surface area contributed by atoms with E-state index >= 15 is 0 Å². The van der Waals surface area contributed by atoms with Crippen molar-refractivity contribution in [3.05, 3.63) is 119 Å². The van der Waals surface area contributed by atoms with Crippen molar-refractivity contribution in [2.75, 3.05) is 104 Å². The largest absolute Gasteiger partial charge is 0.460 e. The maximum absolute atomic E-state index is 13.1. The maximum atomic E-state index is 13.1. The molecule has 12 nitrogen and oxygen atoms in total. The molecule has 15 heteroatoms. The van der Waals surface area contributed by atoms with Crippen LogP contribution in [-0.2, 0) is 44.1 Å². The summed E-state index contributed by atoms with van der Waals surface area (Å²) in [5.41, 5.74) is 4.59. The smallest absolute Gasteiger partial charge is 0.416 e. The van der Waals surface area contributed by atoms with Crippen molar-refractivity contribution < 1.29 is 60.7 Å². The van der Waals surface area contributed by atoms with Crippen molar-refractivity contribution in [1.29, 1.82) is 0 Å². The lowest BCUT2D eigenvalue weighted by atomic mass is 9.98. The summed E-state index contributed by atoms with van der Waals surface area (Å²) < 4.78 is 82.9. The van der Waals surface area contributed by atoms with Crippen LogP contribution in [0, 0.1) is 0 Å². The minimum atomic E-state index is -4.48. The molecule has 4 aromatic carbocycles. The van der Waals surface area contributed by atoms with Crippen LogP contribution in [0.15, 0.2) is 97.1 Å². The molecule has 5 rings (SSSR count). The van der Waals surface area contributed by atoms with Crippen LogP contribution >= 0.6 is 0 Å². The lowest BCUT2D eigenvalue weighted by Crippen LogP contribution is -2.29. The molecule has 1 aliphatic rings. The van der Waals surface area contributed by atoms with Gasteiger partial charge in [0, 0.05) is 18.2 Å². The third-order valence-corrected chi connectivity index (χ3v) is 8.80. The molecule has 0 radical (unpaired) electrons. The third-order valence-electron chi connectivity index (χ3n) is 8.80. The van der Waals surface area contributed by atoms with E-state index in [-0.39, 0.29) is 43.6 Å². The van der Waals surface area contributed by atoms with Crippen molar-refractivity contribution >= 4 is 23.4 Å². The molecule has 0 saturated carbocycles. The standard InChI is InChI=1S/C43H49F3N2O10/c44-43(45,46)32-8-7-9-33(30-32)48-40-15-6-5-14-38(40)41(49)57-29-28-56-27-26-55-25-24-54-23-22-53-21-20-52-19-18-51-17-16-47-42(50)58-31-39-36-12-3-1-10-34(36)35-11-2-4-13-37(35)39/h1-15,30,39,48H,16-29,31H2,(H,47,50). The average molecular weight is 811 g/mol. The zero-order chi connectivity index (χ0) is 40.8. The highest BCUT2D eigenvalue weighted by atomic mass is 19.4. The fraction of sp³-hybridized carbons (Fsp3) is 0.395. The number of hydrogen-bond acceptors (Lipinski definition) is 11. The first-order valence-electron chi connectivity index (χ1n) is 19.1. The summed E-state index contributed by atoms with van der Waals surface area (Å²) in [6, 6.07) is 27.5. The number of esters is 1. The molecule has 0 atom stereocenters. The Labute approximate surface area is 335 Å². The normalized spacial score (nSPS) is 12.2. The molecule has 0 fully saturated rings. The van der Waals surface area contributed by atoms with Gasteiger partial charge in [-0.2, -0.15) is 13.2 Å². The Hall–Kier alpha value is -5.03. The monoisotopic (exact) mass is 810 g/mol. The number of ether oxygens (including phenoxy) is 8. The summed E-state index contributed by atoms with van der Waals surface area (Å²) in [5.74, 6) is -0.619. The molecule has 4 aromatic rings. The Morgan fingerprint density at radius 2 is 1.05 bits per heavy atom. The van der Waals surface area contributed by atoms with E-state index in [0.717, 1.165) is 12.1 Å². The second kappa shape index (κ2) is 24.0. The lowest BCUT2D eigenvalue weighted by molar-refractivity contribution is -0.137. The topological polar surface area (TPSA) is 132 Å². The number of carbonyl (C=O) groups is 2. The van der Waals surface area contributed by atoms with Gasteiger partial charge in [-0.25, -0.2) is 9.59 Å². The molecule has 0 heterocycles. The highest BCUT2D eigenvalue weighted by Crippen LogP contribution is 2.44. The molecule has 0 aliphatic heterocycles. The molecule has 0 saturated heterocycles. The van der Waals surface area contributed by atoms with E-state index in [9.17, 15) is 22.8 Å². The quantitative estimate of drug-likeness (QED) is 0.0492. The number of rotatable bonds is 26. The highest BCUT2D eigenvalue weighted by molar-refractivity contribution is 5.96. The van der Waals surface area contributed by atoms with Crippen molar-refractivity contribution in [2.45, 2.75) is 12.1 Å². The van der Waals surface area contributed by atoms with Gasteiger partial charge in [0.2, 0.25) is 0 Å². The van der Waals surface area contributed by atoms with Gasteiger partial charge in [0.15, 0.2) is 0 Å². The van der Waals surface area contributed by atoms with E-state index in [2.05, 4.69) is 34.9 Å². The van der Waals surface area contributed by atoms with E-state index in [1.807, 2.05) is 24.3 Å². The summed E-state index contributed by atoms with van der Waals surface area (Å²) in [5, 5.41) is 5.58. The molecule has 0 spiro atoms. The minimum absolute atomic E-state index is 0.0100. The summed E-state index contributed by atoms with van der Waals surface area (Å²) in [6.45, 7) is 4.88. The molecule has 312 valence electrons. The Kier molecular flexibility index (Phi) is 18.3. The van der Waals surface area contributed by atoms with Crippen LogP contribution in [0.2, 0.25) is 0 Å². The average Bonchev–Trinajstić information content (AvgIpc) is 3.55. The summed E-state index contributed by atoms with van der Waals surface area (Å²) in [4.78, 5) is 24.9. The fourth-order valence-corrected chi connectivity index (χ4v) is 6.05. The first-order chi connectivity index (χ1) is 28.3. The Bertz CT molecular complexity index is 1820. The van der Waals surface area contributed by atoms with Gasteiger partial charge in [-0.15, -0.1) is 0 Å². The van der Waals surface area contributed by atoms with Gasteiger partial charge in [0.05, 0.1) is 96.1 Å². The first kappa shape index (κ1) is 44.1. The zero-order valence-electron chi connectivity index (χ0n) is 32.1. The highest BCUT2D eigenvalue weighted by Gasteiger charge is 2.31. The van der Waals surface area contributed by atoms with Gasteiger partial charge >= 0.3 is 18.2 Å². The van der Waals surface area contributed by atoms with Crippen molar-refractivity contribution in [3.63, 3.8) is 0 Å². The summed E-state index contributed by atoms with van der Waals surface area (Å²) >= 11 is 0. The lowest BCUT2D eigenvalue weighted by Gasteiger charge is -2.14. The van der Waals surface area contributed by atoms with E-state index in [0.29, 0.717) is 78.3 Å². The van der Waals surface area contributed by atoms with Crippen molar-refractivity contribution in [3.8, 4) is 11.1 Å². The number of fused-ring (bicyclic) bond motifs is 3. The Balaban J connectivity index is 0.766. The number of halogens is 3. The van der Waals surface area contributed by atoms with Gasteiger partial charge in [-0.3, -0.25) is 0 Å². The molecule has 58 heavy (non-hydrogen) atoms. The van der Waals surface area contributed by atoms with Crippen LogP contribution < -0.4 is 10.6 Å². The first-order valence-corrected chi connectivity index (χ1v) is 19.1. The molecule has 1 amide bonds. The molecule has 0 bridgehead atoms. The van der Waals surface area contributed by atoms with Gasteiger partial charge in [-0.05, 0) is 52.6 Å². The van der Waals surface area contributed by atoms with Gasteiger partial charge in [0.25, 0.3) is 0 Å². The zero-order valence-corrected chi connectivity index (χ0v) is 32.1. The molecule has 1 aliphatic carbocycles. The van der Waals surface area contributed by atoms with E-state index in [1.54, 1.807) is 18.2 Å². The molecule has 0 unspecified atom stereocenters. The Morgan fingerprint density at radius 3 is 1.62 bits per heavy atom. The molecule has 2 N–H and O–H groups in total. The second-order valence-electron chi connectivity index (χ2n) is 12.8. The number of carbonyl (C=O) groups excluding carboxylic acids is 2. The van der Waals surface area contributed by atoms with E-state index in [1.165, 1.54) is 40.5 Å². The number of anilines is 2. The number of nitrogens with one attached hydrogen (secondary N) is 2. The number of hydrogen-bond donors (Lipinski definition) is 2. The molecule has 0 aromatic heterocycles. The summed E-state index contributed by atoms with van der Waals surface area (Å²) in [7, 11) is 0. The predicted molar refractivity (Wildman–Crippen MR) is 209 cm³/mol. The van der Waals surface area contributed by atoms with Crippen LogP contribution in [0.3, 0.4) is 0 Å². The molecular weight excluding hydrogens is 761 g/mol. The number of para-hydroxylation sites is 1. The van der Waals surface area contributed by atoms with Gasteiger partial charge in [0.1, 0.15) is 13.2 Å². The number of alkyl halides is 3. The van der Waals surface area contributed by atoms with Gasteiger partial charge in [-0.1, -0.05) is 66.7 Å². The van der Waals surface area contributed by atoms with Crippen molar-refractivity contribution in [1.82, 2.24) is 5.32 Å². The number of amides is 1. The summed E-state index contributed by atoms with van der Waals surface area (Å²) in [6.07, 6.45) is -4.96. The molecular formula is C43H49F3N2O10. The predicted octanol–water partition coefficient (Wildman–Crippen LogP) is 7.24. The third kappa shape index (κ3) is 14.4. The van der Waals surface area contributed by atoms with Gasteiger partial charge < -0.3 is 48.5 Å². The number of benzene rings is 4. The van der Waals surface area contributed by atoms with E-state index in [4.69, 9.17) is 37.9 Å². The SMILES string of the molecule is O=C(NCCOCCOCCOCCOCCOCCOCCOC(=O)c1ccccc1Nc1cccc(C(F)(F)F)c1)OCC1c2ccccc2-c2ccccc21.